The maximum Gasteiger partial charge on any atom is 0.191 e. The summed E-state index contributed by atoms with van der Waals surface area (Å²) < 4.78 is 28.7. The van der Waals surface area contributed by atoms with Crippen molar-refractivity contribution in [3.05, 3.63) is 0 Å². The minimum Gasteiger partial charge on any atom is -0.381 e. The molecular weight excluding hydrogens is 485 g/mol. The molecule has 9 heteroatoms. The Balaban J connectivity index is 0.00000243. The van der Waals surface area contributed by atoms with Crippen LogP contribution in [0.2, 0.25) is 0 Å². The fraction of sp³-hybridized carbons (Fsp3) is 0.941. The van der Waals surface area contributed by atoms with Gasteiger partial charge in [0.1, 0.15) is 0 Å². The summed E-state index contributed by atoms with van der Waals surface area (Å²) in [4.78, 5) is 4.73. The van der Waals surface area contributed by atoms with Crippen LogP contribution in [0.15, 0.2) is 4.99 Å². The Labute approximate surface area is 179 Å². The molecule has 0 saturated carbocycles. The molecule has 26 heavy (non-hydrogen) atoms. The molecule has 0 aliphatic carbocycles. The molecule has 3 rings (SSSR count). The number of rotatable bonds is 5. The van der Waals surface area contributed by atoms with Crippen molar-refractivity contribution in [1.82, 2.24) is 10.6 Å². The van der Waals surface area contributed by atoms with Crippen LogP contribution >= 0.6 is 35.7 Å². The molecule has 0 aromatic carbocycles. The number of nitrogens with zero attached hydrogens (tertiary/aromatic N) is 1. The largest absolute Gasteiger partial charge is 0.381 e. The van der Waals surface area contributed by atoms with Gasteiger partial charge in [-0.2, -0.15) is 11.8 Å². The van der Waals surface area contributed by atoms with Crippen LogP contribution in [0.25, 0.3) is 0 Å². The van der Waals surface area contributed by atoms with E-state index in [0.29, 0.717) is 29.3 Å². The Bertz CT molecular complexity index is 547. The molecule has 3 aliphatic rings. The first kappa shape index (κ1) is 22.5. The van der Waals surface area contributed by atoms with E-state index in [-0.39, 0.29) is 29.9 Å². The fourth-order valence-corrected chi connectivity index (χ4v) is 6.69. The van der Waals surface area contributed by atoms with E-state index in [4.69, 9.17) is 9.73 Å². The quantitative estimate of drug-likeness (QED) is 0.330. The summed E-state index contributed by atoms with van der Waals surface area (Å²) >= 11 is 2.05. The van der Waals surface area contributed by atoms with Crippen LogP contribution in [0.4, 0.5) is 0 Å². The lowest BCUT2D eigenvalue weighted by Gasteiger charge is -2.27. The van der Waals surface area contributed by atoms with Gasteiger partial charge >= 0.3 is 0 Å². The molecule has 0 amide bonds. The molecule has 2 N–H and O–H groups in total. The molecule has 3 aliphatic heterocycles. The van der Waals surface area contributed by atoms with Crippen LogP contribution in [0.3, 0.4) is 0 Å². The standard InChI is InChI=1S/C17H31N3O3S2.HI/c21-25(22)10-6-14(13-25)11-18-17(20-15-4-7-23-8-5-15)19-12-16-3-1-2-9-24-16;/h14-16H,1-13H2,(H2,18,19,20);1H. The zero-order valence-electron chi connectivity index (χ0n) is 15.3. The SMILES string of the molecule is I.O=S1(=O)CCC(CN=C(NCC2CCCCS2)NC2CCOCC2)C1. The van der Waals surface area contributed by atoms with Crippen LogP contribution in [-0.4, -0.2) is 69.2 Å². The molecule has 0 aromatic heterocycles. The van der Waals surface area contributed by atoms with Crippen molar-refractivity contribution in [2.75, 3.05) is 43.6 Å². The highest BCUT2D eigenvalue weighted by Crippen LogP contribution is 2.24. The van der Waals surface area contributed by atoms with Gasteiger partial charge in [-0.1, -0.05) is 6.42 Å². The van der Waals surface area contributed by atoms with Gasteiger partial charge in [-0.3, -0.25) is 4.99 Å². The summed E-state index contributed by atoms with van der Waals surface area (Å²) in [5.41, 5.74) is 0. The zero-order chi connectivity index (χ0) is 17.5. The van der Waals surface area contributed by atoms with Gasteiger partial charge in [-0.25, -0.2) is 8.42 Å². The van der Waals surface area contributed by atoms with Gasteiger partial charge < -0.3 is 15.4 Å². The molecule has 0 radical (unpaired) electrons. The predicted molar refractivity (Wildman–Crippen MR) is 120 cm³/mol. The third kappa shape index (κ3) is 7.71. The van der Waals surface area contributed by atoms with E-state index in [1.54, 1.807) is 0 Å². The van der Waals surface area contributed by atoms with Gasteiger partial charge in [0.05, 0.1) is 11.5 Å². The monoisotopic (exact) mass is 517 g/mol. The Morgan fingerprint density at radius 1 is 1.15 bits per heavy atom. The lowest BCUT2D eigenvalue weighted by Crippen LogP contribution is -2.47. The molecule has 2 atom stereocenters. The average Bonchev–Trinajstić information content (AvgIpc) is 2.98. The van der Waals surface area contributed by atoms with E-state index < -0.39 is 9.84 Å². The topological polar surface area (TPSA) is 79.8 Å². The van der Waals surface area contributed by atoms with Crippen LogP contribution in [0.5, 0.6) is 0 Å². The maximum atomic E-state index is 11.6. The summed E-state index contributed by atoms with van der Waals surface area (Å²) in [5, 5.41) is 7.70. The Morgan fingerprint density at radius 2 is 1.96 bits per heavy atom. The van der Waals surface area contributed by atoms with E-state index in [9.17, 15) is 8.42 Å². The van der Waals surface area contributed by atoms with Crippen molar-refractivity contribution in [3.63, 3.8) is 0 Å². The Hall–Kier alpha value is 0.260. The van der Waals surface area contributed by atoms with Crippen LogP contribution < -0.4 is 10.6 Å². The van der Waals surface area contributed by atoms with E-state index in [1.165, 1.54) is 25.0 Å². The molecule has 0 bridgehead atoms. The van der Waals surface area contributed by atoms with Crippen molar-refractivity contribution in [2.45, 2.75) is 49.8 Å². The third-order valence-electron chi connectivity index (χ3n) is 5.17. The van der Waals surface area contributed by atoms with Crippen LogP contribution in [-0.2, 0) is 14.6 Å². The molecule has 0 spiro atoms. The highest BCUT2D eigenvalue weighted by molar-refractivity contribution is 14.0. The molecule has 0 aromatic rings. The van der Waals surface area contributed by atoms with Gasteiger partial charge in [0.2, 0.25) is 0 Å². The van der Waals surface area contributed by atoms with Crippen molar-refractivity contribution in [3.8, 4) is 0 Å². The Kier molecular flexibility index (Phi) is 9.81. The fourth-order valence-electron chi connectivity index (χ4n) is 3.60. The van der Waals surface area contributed by atoms with Gasteiger partial charge in [0, 0.05) is 37.6 Å². The minimum atomic E-state index is -2.83. The van der Waals surface area contributed by atoms with Crippen molar-refractivity contribution >= 4 is 51.5 Å². The third-order valence-corrected chi connectivity index (χ3v) is 8.40. The second-order valence-corrected chi connectivity index (χ2v) is 11.0. The number of halogens is 1. The number of guanidine groups is 1. The molecule has 152 valence electrons. The van der Waals surface area contributed by atoms with Gasteiger partial charge in [-0.05, 0) is 43.8 Å². The predicted octanol–water partition coefficient (Wildman–Crippen LogP) is 2.04. The van der Waals surface area contributed by atoms with Crippen molar-refractivity contribution in [2.24, 2.45) is 10.9 Å². The summed E-state index contributed by atoms with van der Waals surface area (Å²) in [7, 11) is -2.83. The molecule has 3 heterocycles. The van der Waals surface area contributed by atoms with E-state index in [1.807, 2.05) is 11.8 Å². The summed E-state index contributed by atoms with van der Waals surface area (Å²) in [5.74, 6) is 2.89. The number of thioether (sulfide) groups is 1. The Morgan fingerprint density at radius 3 is 2.62 bits per heavy atom. The number of sulfone groups is 1. The maximum absolute atomic E-state index is 11.6. The van der Waals surface area contributed by atoms with Crippen molar-refractivity contribution < 1.29 is 13.2 Å². The van der Waals surface area contributed by atoms with Gasteiger partial charge in [0.25, 0.3) is 0 Å². The molecular formula is C17H32IN3O3S2. The highest BCUT2D eigenvalue weighted by Gasteiger charge is 2.27. The number of hydrogen-bond acceptors (Lipinski definition) is 5. The molecule has 2 unspecified atom stereocenters. The second-order valence-electron chi connectivity index (χ2n) is 7.36. The lowest BCUT2D eigenvalue weighted by molar-refractivity contribution is 0.0822. The van der Waals surface area contributed by atoms with E-state index >= 15 is 0 Å². The zero-order valence-corrected chi connectivity index (χ0v) is 19.3. The number of ether oxygens (including phenoxy) is 1. The summed E-state index contributed by atoms with van der Waals surface area (Å²) in [6.45, 7) is 3.12. The number of nitrogens with one attached hydrogen (secondary N) is 2. The molecule has 6 nitrogen and oxygen atoms in total. The first-order valence-corrected chi connectivity index (χ1v) is 12.4. The highest BCUT2D eigenvalue weighted by atomic mass is 127. The van der Waals surface area contributed by atoms with Crippen LogP contribution in [0, 0.1) is 5.92 Å². The normalized spacial score (nSPS) is 29.8. The van der Waals surface area contributed by atoms with Gasteiger partial charge in [-0.15, -0.1) is 24.0 Å². The minimum absolute atomic E-state index is 0. The van der Waals surface area contributed by atoms with Crippen LogP contribution in [0.1, 0.15) is 38.5 Å². The summed E-state index contributed by atoms with van der Waals surface area (Å²) in [6.07, 6.45) is 6.66. The first-order valence-electron chi connectivity index (χ1n) is 9.55. The van der Waals surface area contributed by atoms with E-state index in [2.05, 4.69) is 10.6 Å². The van der Waals surface area contributed by atoms with Crippen molar-refractivity contribution in [1.29, 1.82) is 0 Å². The van der Waals surface area contributed by atoms with Gasteiger partial charge in [0.15, 0.2) is 15.8 Å². The molecule has 3 saturated heterocycles. The summed E-state index contributed by atoms with van der Waals surface area (Å²) in [6, 6.07) is 0.395. The second kappa shape index (κ2) is 11.3. The number of aliphatic imine (C=N–C) groups is 1. The van der Waals surface area contributed by atoms with E-state index in [0.717, 1.165) is 45.0 Å². The molecule has 3 fully saturated rings. The lowest BCUT2D eigenvalue weighted by atomic mass is 10.1. The number of hydrogen-bond donors (Lipinski definition) is 2. The smallest absolute Gasteiger partial charge is 0.191 e. The average molecular weight is 517 g/mol. The first-order chi connectivity index (χ1) is 12.1.